The monoisotopic (exact) mass is 1580 g/mol. The lowest BCUT2D eigenvalue weighted by molar-refractivity contribution is -0.117. The first-order valence-electron chi connectivity index (χ1n) is 38.3. The van der Waals surface area contributed by atoms with Crippen LogP contribution in [-0.2, 0) is 33.6 Å². The molecule has 564 valence electrons. The molecule has 25 heteroatoms. The van der Waals surface area contributed by atoms with E-state index >= 15 is 0 Å². The van der Waals surface area contributed by atoms with Crippen LogP contribution in [0, 0.1) is 0 Å². The van der Waals surface area contributed by atoms with E-state index in [1.165, 1.54) is 22.3 Å². The maximum atomic E-state index is 11.7. The Kier molecular flexibility index (Phi) is 17.1. The maximum absolute atomic E-state index is 11.7. The van der Waals surface area contributed by atoms with Crippen molar-refractivity contribution in [1.82, 2.24) is 44.9 Å². The molecule has 3 amide bonds. The number of aromatic amines is 3. The third-order valence-electron chi connectivity index (χ3n) is 22.7. The number of ether oxygens (including phenoxy) is 6. The van der Waals surface area contributed by atoms with Crippen LogP contribution >= 0.6 is 15.9 Å². The summed E-state index contributed by atoms with van der Waals surface area (Å²) in [5.41, 5.74) is 17.4. The Morgan fingerprint density at radius 2 is 0.713 bits per heavy atom. The standard InChI is InChI=1S/2C30H22N4O3.C24H17BrN4O3.C6H7BO2/c2*35-25-11-8-19-24(12-13-31-29(19)34-25)36-18-7-10-23-20(15-18)26-27(28(26)37-23)30-32-21-9-6-17(14-22(21)33-30)16-4-2-1-3-5-16;25-11-1-4-15-16(9-11)28-24(27-15)21-20-14-10-12(2-5-17(14)32-22(20)21)31-18-7-8-26-23-13(18)3-6-19(30)29-23;8-7(9)6-4-2-1-3-5-6/h2*1-7,9-10,12-15,26-28H,8,11H2,(H,32,33)(H,31,34,35);1-2,4-5,7-10,20-22H,3,6H2,(H,27,28)(H,26,29,30);1-5,8-9H. The molecule has 3 saturated carbocycles. The minimum Gasteiger partial charge on any atom is -0.489 e. The topological polar surface area (TPSA) is 308 Å². The maximum Gasteiger partial charge on any atom is 0.488 e. The fourth-order valence-electron chi connectivity index (χ4n) is 16.9. The Morgan fingerprint density at radius 1 is 0.365 bits per heavy atom. The summed E-state index contributed by atoms with van der Waals surface area (Å²) in [5, 5.41) is 25.6. The lowest BCUT2D eigenvalue weighted by Crippen LogP contribution is -2.29. The minimum absolute atomic E-state index is 0.0133. The van der Waals surface area contributed by atoms with Gasteiger partial charge in [0, 0.05) is 93.5 Å². The van der Waals surface area contributed by atoms with Crippen molar-refractivity contribution in [2.45, 2.75) is 92.3 Å². The molecule has 23 nitrogen and oxygen atoms in total. The molecule has 9 aromatic carbocycles. The van der Waals surface area contributed by atoms with Crippen molar-refractivity contribution in [3.05, 3.63) is 292 Å². The molecule has 24 rings (SSSR count). The van der Waals surface area contributed by atoms with E-state index in [0.717, 1.165) is 140 Å². The fraction of sp³-hybridized carbons (Fsp3) is 0.167. The van der Waals surface area contributed by atoms with Gasteiger partial charge in [0.25, 0.3) is 0 Å². The number of hydrogen-bond acceptors (Lipinski definition) is 17. The van der Waals surface area contributed by atoms with E-state index in [4.69, 9.17) is 53.4 Å². The molecule has 3 fully saturated rings. The van der Waals surface area contributed by atoms with Crippen LogP contribution in [0.1, 0.15) is 106 Å². The Morgan fingerprint density at radius 3 is 1.07 bits per heavy atom. The van der Waals surface area contributed by atoms with Gasteiger partial charge in [0.2, 0.25) is 17.7 Å². The van der Waals surface area contributed by atoms with E-state index in [0.29, 0.717) is 61.4 Å². The number of rotatable bonds is 12. The molecule has 115 heavy (non-hydrogen) atoms. The van der Waals surface area contributed by atoms with E-state index < -0.39 is 7.12 Å². The second-order valence-electron chi connectivity index (χ2n) is 29.9. The summed E-state index contributed by atoms with van der Waals surface area (Å²) in [6.45, 7) is 0. The molecule has 0 spiro atoms. The summed E-state index contributed by atoms with van der Waals surface area (Å²) in [6.07, 6.45) is 8.41. The van der Waals surface area contributed by atoms with E-state index in [1.807, 2.05) is 91.0 Å². The molecule has 0 saturated heterocycles. The number of aromatic nitrogens is 9. The fourth-order valence-corrected chi connectivity index (χ4v) is 17.3. The van der Waals surface area contributed by atoms with Gasteiger partial charge in [0.1, 0.15) is 105 Å². The van der Waals surface area contributed by atoms with E-state index in [9.17, 15) is 14.4 Å². The quantitative estimate of drug-likeness (QED) is 0.0527. The van der Waals surface area contributed by atoms with Crippen LogP contribution in [0.4, 0.5) is 17.5 Å². The summed E-state index contributed by atoms with van der Waals surface area (Å²) >= 11 is 3.51. The molecule has 8 N–H and O–H groups in total. The normalized spacial score (nSPS) is 20.5. The van der Waals surface area contributed by atoms with Crippen LogP contribution in [-0.4, -0.2) is 98.1 Å². The SMILES string of the molecule is O=C1CCc2c(Oc3ccc4c(c3)C3C(O4)C3c3nc4ccc(-c5ccccc5)cc4[nH]3)ccnc2N1.O=C1CCc2c(Oc3ccc4c(c3)C3C(O4)C3c3nc4ccc(-c5ccccc5)cc4[nH]3)ccnc2N1.O=C1CCc2c(Oc3ccc4c(c3)C3C(O4)C3c3nc4ccc(Br)cc4[nH]3)ccnc2N1.OB(O)c1ccccc1. The second kappa shape index (κ2) is 28.3. The average molecular weight is 1580 g/mol. The lowest BCUT2D eigenvalue weighted by Gasteiger charge is -2.19. The van der Waals surface area contributed by atoms with E-state index in [2.05, 4.69) is 165 Å². The number of hydrogen-bond donors (Lipinski definition) is 8. The third-order valence-corrected chi connectivity index (χ3v) is 23.2. The van der Waals surface area contributed by atoms with Crippen LogP contribution in [0.15, 0.2) is 241 Å². The zero-order valence-corrected chi connectivity index (χ0v) is 62.7. The molecule has 0 bridgehead atoms. The van der Waals surface area contributed by atoms with Gasteiger partial charge >= 0.3 is 7.12 Å². The largest absolute Gasteiger partial charge is 0.489 e. The Balaban J connectivity index is 0.000000103. The molecular formula is C90H68BBrN12O11. The van der Waals surface area contributed by atoms with Gasteiger partial charge in [0.15, 0.2) is 0 Å². The summed E-state index contributed by atoms with van der Waals surface area (Å²) in [7, 11) is -1.34. The number of benzene rings is 9. The molecular weight excluding hydrogens is 1520 g/mol. The van der Waals surface area contributed by atoms with Crippen LogP contribution in [0.5, 0.6) is 51.7 Å². The van der Waals surface area contributed by atoms with Gasteiger partial charge in [0.05, 0.1) is 50.9 Å². The number of fused-ring (bicyclic) bond motifs is 15. The van der Waals surface area contributed by atoms with Crippen molar-refractivity contribution in [3.8, 4) is 74.0 Å². The van der Waals surface area contributed by atoms with Gasteiger partial charge in [-0.3, -0.25) is 14.4 Å². The number of nitrogens with zero attached hydrogens (tertiary/aromatic N) is 6. The molecule has 0 radical (unpaired) electrons. The molecule has 6 aromatic heterocycles. The average Bonchev–Trinajstić information content (AvgIpc) is 1.55. The number of amides is 3. The number of H-pyrrole nitrogens is 3. The van der Waals surface area contributed by atoms with Gasteiger partial charge in [-0.15, -0.1) is 0 Å². The zero-order valence-electron chi connectivity index (χ0n) is 61.2. The minimum atomic E-state index is -1.34. The number of halogens is 1. The number of nitrogens with one attached hydrogen (secondary N) is 6. The third kappa shape index (κ3) is 13.2. The lowest BCUT2D eigenvalue weighted by atomic mass is 9.81. The first-order valence-corrected chi connectivity index (χ1v) is 39.1. The molecule has 15 aromatic rings. The zero-order chi connectivity index (χ0) is 77.1. The number of pyridine rings is 3. The predicted molar refractivity (Wildman–Crippen MR) is 436 cm³/mol. The molecule has 9 unspecified atom stereocenters. The highest BCUT2D eigenvalue weighted by molar-refractivity contribution is 9.10. The number of anilines is 3. The van der Waals surface area contributed by atoms with Crippen molar-refractivity contribution in [2.75, 3.05) is 16.0 Å². The van der Waals surface area contributed by atoms with E-state index in [1.54, 1.807) is 42.9 Å². The number of carbonyl (C=O) groups is 3. The first kappa shape index (κ1) is 69.5. The highest BCUT2D eigenvalue weighted by Gasteiger charge is 2.63. The summed E-state index contributed by atoms with van der Waals surface area (Å²) in [6, 6.07) is 71.6. The van der Waals surface area contributed by atoms with Gasteiger partial charge in [-0.1, -0.05) is 119 Å². The highest BCUT2D eigenvalue weighted by atomic mass is 79.9. The number of carbonyl (C=O) groups excluding carboxylic acids is 3. The van der Waals surface area contributed by atoms with Crippen molar-refractivity contribution >= 4 is 96.8 Å². The van der Waals surface area contributed by atoms with Gasteiger partial charge < -0.3 is 69.4 Å². The highest BCUT2D eigenvalue weighted by Crippen LogP contribution is 2.66. The second-order valence-corrected chi connectivity index (χ2v) is 30.8. The smallest absolute Gasteiger partial charge is 0.488 e. The molecule has 9 aliphatic rings. The van der Waals surface area contributed by atoms with Gasteiger partial charge in [-0.25, -0.2) is 29.9 Å². The van der Waals surface area contributed by atoms with Crippen molar-refractivity contribution in [2.24, 2.45) is 0 Å². The Hall–Kier alpha value is -13.5. The molecule has 9 atom stereocenters. The van der Waals surface area contributed by atoms with Crippen LogP contribution in [0.3, 0.4) is 0 Å². The summed E-state index contributed by atoms with van der Waals surface area (Å²) in [5.74, 6) is 13.1. The first-order chi connectivity index (χ1) is 56.4. The van der Waals surface area contributed by atoms with Crippen LogP contribution in [0.2, 0.25) is 0 Å². The predicted octanol–water partition coefficient (Wildman–Crippen LogP) is 16.3. The van der Waals surface area contributed by atoms with E-state index in [-0.39, 0.29) is 71.5 Å². The molecule has 12 heterocycles. The van der Waals surface area contributed by atoms with Crippen LogP contribution in [0.25, 0.3) is 55.4 Å². The summed E-state index contributed by atoms with van der Waals surface area (Å²) < 4.78 is 38.5. The van der Waals surface area contributed by atoms with Crippen molar-refractivity contribution in [3.63, 3.8) is 0 Å². The number of imidazole rings is 3. The Bertz CT molecular complexity index is 6170. The van der Waals surface area contributed by atoms with Crippen molar-refractivity contribution in [1.29, 1.82) is 0 Å². The van der Waals surface area contributed by atoms with Gasteiger partial charge in [-0.2, -0.15) is 0 Å². The summed E-state index contributed by atoms with van der Waals surface area (Å²) in [4.78, 5) is 73.2. The van der Waals surface area contributed by atoms with Gasteiger partial charge in [-0.05, 0) is 162 Å². The van der Waals surface area contributed by atoms with Crippen molar-refractivity contribution < 1.29 is 52.9 Å². The molecule has 6 aliphatic heterocycles. The Labute approximate surface area is 665 Å². The molecule has 3 aliphatic carbocycles. The van der Waals surface area contributed by atoms with Crippen LogP contribution < -0.4 is 49.8 Å².